The van der Waals surface area contributed by atoms with Crippen molar-refractivity contribution < 1.29 is 20.1 Å². The summed E-state index contributed by atoms with van der Waals surface area (Å²) in [5.74, 6) is 0. The second kappa shape index (κ2) is 4.80. The maximum absolute atomic E-state index is 9.67. The second-order valence-corrected chi connectivity index (χ2v) is 3.81. The van der Waals surface area contributed by atoms with Gasteiger partial charge in [0, 0.05) is 5.69 Å². The summed E-state index contributed by atoms with van der Waals surface area (Å²) >= 11 is 0. The Balaban J connectivity index is 2.00. The van der Waals surface area contributed by atoms with E-state index in [9.17, 15) is 15.3 Å². The molecule has 0 bridgehead atoms. The highest BCUT2D eigenvalue weighted by atomic mass is 16.5. The van der Waals surface area contributed by atoms with Crippen LogP contribution in [0.25, 0.3) is 0 Å². The maximum Gasteiger partial charge on any atom is 0.156 e. The molecule has 1 saturated heterocycles. The Bertz CT molecular complexity index is 332. The number of anilines is 1. The van der Waals surface area contributed by atoms with E-state index >= 15 is 0 Å². The molecule has 0 amide bonds. The van der Waals surface area contributed by atoms with E-state index in [1.54, 1.807) is 0 Å². The van der Waals surface area contributed by atoms with Gasteiger partial charge < -0.3 is 25.4 Å². The summed E-state index contributed by atoms with van der Waals surface area (Å²) in [6.07, 6.45) is -4.08. The molecule has 0 spiro atoms. The van der Waals surface area contributed by atoms with Crippen LogP contribution in [-0.4, -0.2) is 46.5 Å². The summed E-state index contributed by atoms with van der Waals surface area (Å²) in [4.78, 5) is 0. The van der Waals surface area contributed by atoms with Gasteiger partial charge in [-0.05, 0) is 12.1 Å². The predicted octanol–water partition coefficient (Wildman–Crippen LogP) is -0.463. The Morgan fingerprint density at radius 1 is 1.06 bits per heavy atom. The van der Waals surface area contributed by atoms with Crippen molar-refractivity contribution in [2.24, 2.45) is 0 Å². The molecule has 1 unspecified atom stereocenters. The van der Waals surface area contributed by atoms with Gasteiger partial charge in [0.1, 0.15) is 18.3 Å². The summed E-state index contributed by atoms with van der Waals surface area (Å²) in [5, 5.41) is 31.4. The number of aliphatic hydroxyl groups is 3. The van der Waals surface area contributed by atoms with Gasteiger partial charge in [-0.2, -0.15) is 0 Å². The number of nitrogens with one attached hydrogen (secondary N) is 1. The van der Waals surface area contributed by atoms with Crippen molar-refractivity contribution in [3.8, 4) is 0 Å². The summed E-state index contributed by atoms with van der Waals surface area (Å²) in [6, 6.07) is 9.23. The third-order valence-corrected chi connectivity index (χ3v) is 2.58. The number of aliphatic hydroxyl groups excluding tert-OH is 3. The van der Waals surface area contributed by atoms with Crippen LogP contribution in [0.3, 0.4) is 0 Å². The SMILES string of the molecule is O[C@H]1[C@H](O)COC(Nc2ccccc2)[C@@H]1O. The number of hydrogen-bond donors (Lipinski definition) is 4. The van der Waals surface area contributed by atoms with Crippen molar-refractivity contribution >= 4 is 5.69 Å². The molecule has 5 nitrogen and oxygen atoms in total. The molecule has 0 aromatic heterocycles. The first-order valence-corrected chi connectivity index (χ1v) is 5.16. The average Bonchev–Trinajstić information content (AvgIpc) is 2.31. The summed E-state index contributed by atoms with van der Waals surface area (Å²) in [7, 11) is 0. The number of hydrogen-bond acceptors (Lipinski definition) is 5. The number of rotatable bonds is 2. The van der Waals surface area contributed by atoms with E-state index in [2.05, 4.69) is 5.32 Å². The minimum atomic E-state index is -1.19. The molecule has 1 aromatic carbocycles. The fraction of sp³-hybridized carbons (Fsp3) is 0.455. The van der Waals surface area contributed by atoms with Gasteiger partial charge in [0.05, 0.1) is 6.61 Å². The number of ether oxygens (including phenoxy) is 1. The van der Waals surface area contributed by atoms with E-state index in [-0.39, 0.29) is 6.61 Å². The third-order valence-electron chi connectivity index (χ3n) is 2.58. The molecular weight excluding hydrogens is 210 g/mol. The standard InChI is InChI=1S/C11H15NO4/c13-8-6-16-11(10(15)9(8)14)12-7-4-2-1-3-5-7/h1-5,8-15H,6H2/t8-,9+,10-,11?/m1/s1. The zero-order valence-electron chi connectivity index (χ0n) is 8.65. The van der Waals surface area contributed by atoms with Crippen LogP contribution in [-0.2, 0) is 4.74 Å². The molecule has 0 radical (unpaired) electrons. The molecule has 0 aliphatic carbocycles. The molecule has 1 aromatic rings. The molecule has 4 atom stereocenters. The van der Waals surface area contributed by atoms with E-state index in [0.29, 0.717) is 0 Å². The topological polar surface area (TPSA) is 82.0 Å². The third kappa shape index (κ3) is 2.33. The molecule has 4 N–H and O–H groups in total. The van der Waals surface area contributed by atoms with Crippen LogP contribution in [0.2, 0.25) is 0 Å². The molecular formula is C11H15NO4. The van der Waals surface area contributed by atoms with Gasteiger partial charge in [-0.3, -0.25) is 0 Å². The normalized spacial score (nSPS) is 34.7. The molecule has 2 rings (SSSR count). The Morgan fingerprint density at radius 3 is 2.44 bits per heavy atom. The number of para-hydroxylation sites is 1. The smallest absolute Gasteiger partial charge is 0.156 e. The summed E-state index contributed by atoms with van der Waals surface area (Å²) in [5.41, 5.74) is 0.787. The van der Waals surface area contributed by atoms with Crippen LogP contribution < -0.4 is 5.32 Å². The van der Waals surface area contributed by atoms with Crippen LogP contribution in [0, 0.1) is 0 Å². The first-order valence-electron chi connectivity index (χ1n) is 5.16. The van der Waals surface area contributed by atoms with Crippen molar-refractivity contribution in [2.45, 2.75) is 24.5 Å². The fourth-order valence-corrected chi connectivity index (χ4v) is 1.63. The fourth-order valence-electron chi connectivity index (χ4n) is 1.63. The first kappa shape index (κ1) is 11.3. The van der Waals surface area contributed by atoms with E-state index in [4.69, 9.17) is 4.74 Å². The highest BCUT2D eigenvalue weighted by Gasteiger charge is 2.37. The van der Waals surface area contributed by atoms with Gasteiger partial charge in [-0.15, -0.1) is 0 Å². The Morgan fingerprint density at radius 2 is 1.75 bits per heavy atom. The minimum Gasteiger partial charge on any atom is -0.388 e. The van der Waals surface area contributed by atoms with Gasteiger partial charge in [-0.1, -0.05) is 18.2 Å². The predicted molar refractivity (Wildman–Crippen MR) is 57.8 cm³/mol. The molecule has 1 fully saturated rings. The molecule has 0 saturated carbocycles. The lowest BCUT2D eigenvalue weighted by Gasteiger charge is -2.35. The zero-order chi connectivity index (χ0) is 11.5. The molecule has 1 heterocycles. The van der Waals surface area contributed by atoms with Crippen LogP contribution >= 0.6 is 0 Å². The average molecular weight is 225 g/mol. The van der Waals surface area contributed by atoms with Crippen LogP contribution in [0.1, 0.15) is 0 Å². The lowest BCUT2D eigenvalue weighted by molar-refractivity contribution is -0.178. The first-order chi connectivity index (χ1) is 7.68. The van der Waals surface area contributed by atoms with Crippen molar-refractivity contribution in [1.29, 1.82) is 0 Å². The molecule has 88 valence electrons. The quantitative estimate of drug-likeness (QED) is 0.547. The van der Waals surface area contributed by atoms with E-state index in [0.717, 1.165) is 5.69 Å². The second-order valence-electron chi connectivity index (χ2n) is 3.81. The monoisotopic (exact) mass is 225 g/mol. The van der Waals surface area contributed by atoms with Gasteiger partial charge in [0.2, 0.25) is 0 Å². The highest BCUT2D eigenvalue weighted by Crippen LogP contribution is 2.18. The minimum absolute atomic E-state index is 0.00271. The van der Waals surface area contributed by atoms with Crippen LogP contribution in [0.5, 0.6) is 0 Å². The van der Waals surface area contributed by atoms with Gasteiger partial charge >= 0.3 is 0 Å². The van der Waals surface area contributed by atoms with Gasteiger partial charge in [0.15, 0.2) is 6.23 Å². The van der Waals surface area contributed by atoms with Gasteiger partial charge in [0.25, 0.3) is 0 Å². The molecule has 5 heteroatoms. The Hall–Kier alpha value is -1.14. The van der Waals surface area contributed by atoms with E-state index in [1.165, 1.54) is 0 Å². The molecule has 1 aliphatic heterocycles. The highest BCUT2D eigenvalue weighted by molar-refractivity contribution is 5.43. The maximum atomic E-state index is 9.67. The van der Waals surface area contributed by atoms with Crippen molar-refractivity contribution in [2.75, 3.05) is 11.9 Å². The summed E-state index contributed by atoms with van der Waals surface area (Å²) in [6.45, 7) is 0.00271. The van der Waals surface area contributed by atoms with Gasteiger partial charge in [-0.25, -0.2) is 0 Å². The Labute approximate surface area is 93.3 Å². The Kier molecular flexibility index (Phi) is 3.40. The number of benzene rings is 1. The molecule has 1 aliphatic rings. The van der Waals surface area contributed by atoms with Crippen molar-refractivity contribution in [1.82, 2.24) is 0 Å². The zero-order valence-corrected chi connectivity index (χ0v) is 8.65. The summed E-state index contributed by atoms with van der Waals surface area (Å²) < 4.78 is 5.21. The molecule has 16 heavy (non-hydrogen) atoms. The van der Waals surface area contributed by atoms with E-state index in [1.807, 2.05) is 30.3 Å². The van der Waals surface area contributed by atoms with E-state index < -0.39 is 24.5 Å². The largest absolute Gasteiger partial charge is 0.388 e. The lowest BCUT2D eigenvalue weighted by atomic mass is 10.0. The van der Waals surface area contributed by atoms with Crippen LogP contribution in [0.4, 0.5) is 5.69 Å². The van der Waals surface area contributed by atoms with Crippen molar-refractivity contribution in [3.05, 3.63) is 30.3 Å². The van der Waals surface area contributed by atoms with Crippen molar-refractivity contribution in [3.63, 3.8) is 0 Å². The van der Waals surface area contributed by atoms with Crippen LogP contribution in [0.15, 0.2) is 30.3 Å². The lowest BCUT2D eigenvalue weighted by Crippen LogP contribution is -2.55.